The molecule has 6 heteroatoms. The maximum absolute atomic E-state index is 6.38. The summed E-state index contributed by atoms with van der Waals surface area (Å²) in [5.74, 6) is 2.58. The highest BCUT2D eigenvalue weighted by molar-refractivity contribution is 5.79. The summed E-state index contributed by atoms with van der Waals surface area (Å²) in [4.78, 5) is 13.8. The van der Waals surface area contributed by atoms with Crippen LogP contribution in [0.3, 0.4) is 0 Å². The summed E-state index contributed by atoms with van der Waals surface area (Å²) in [6.45, 7) is 6.12. The highest BCUT2D eigenvalue weighted by Gasteiger charge is 2.35. The van der Waals surface area contributed by atoms with E-state index in [-0.39, 0.29) is 5.54 Å². The van der Waals surface area contributed by atoms with Crippen molar-refractivity contribution in [2.45, 2.75) is 19.4 Å². The van der Waals surface area contributed by atoms with E-state index < -0.39 is 0 Å². The number of anilines is 5. The lowest BCUT2D eigenvalue weighted by atomic mass is 9.88. The first kappa shape index (κ1) is 22.4. The van der Waals surface area contributed by atoms with Crippen molar-refractivity contribution >= 4 is 28.6 Å². The average molecular weight is 478 g/mol. The van der Waals surface area contributed by atoms with E-state index in [9.17, 15) is 0 Å². The van der Waals surface area contributed by atoms with Gasteiger partial charge in [0, 0.05) is 48.0 Å². The molecule has 0 saturated carbocycles. The molecule has 3 heterocycles. The van der Waals surface area contributed by atoms with Crippen molar-refractivity contribution in [2.75, 3.05) is 42.1 Å². The van der Waals surface area contributed by atoms with E-state index in [1.54, 1.807) is 0 Å². The molecule has 1 aromatic heterocycles. The first-order valence-corrected chi connectivity index (χ1v) is 12.3. The van der Waals surface area contributed by atoms with E-state index in [2.05, 4.69) is 113 Å². The predicted octanol–water partition coefficient (Wildman–Crippen LogP) is 6.70. The number of aromatic nitrogens is 1. The van der Waals surface area contributed by atoms with E-state index in [0.717, 1.165) is 47.7 Å². The van der Waals surface area contributed by atoms with Crippen molar-refractivity contribution in [1.29, 1.82) is 0 Å². The summed E-state index contributed by atoms with van der Waals surface area (Å²) in [5.41, 5.74) is 5.83. The summed E-state index contributed by atoms with van der Waals surface area (Å²) >= 11 is 0. The molecule has 182 valence electrons. The number of para-hydroxylation sites is 1. The molecule has 36 heavy (non-hydrogen) atoms. The molecule has 6 nitrogen and oxygen atoms in total. The molecule has 0 amide bonds. The van der Waals surface area contributed by atoms with E-state index in [0.29, 0.717) is 0 Å². The predicted molar refractivity (Wildman–Crippen MR) is 147 cm³/mol. The van der Waals surface area contributed by atoms with Crippen molar-refractivity contribution in [3.05, 3.63) is 96.7 Å². The Morgan fingerprint density at radius 1 is 0.722 bits per heavy atom. The van der Waals surface area contributed by atoms with Gasteiger partial charge in [0.1, 0.15) is 11.5 Å². The van der Waals surface area contributed by atoms with Crippen LogP contribution in [0.25, 0.3) is 0 Å². The van der Waals surface area contributed by atoms with Crippen LogP contribution in [0.1, 0.15) is 19.4 Å². The van der Waals surface area contributed by atoms with E-state index in [1.807, 2.05) is 30.5 Å². The van der Waals surface area contributed by atoms with Gasteiger partial charge in [0.05, 0.1) is 19.0 Å². The highest BCUT2D eigenvalue weighted by Crippen LogP contribution is 2.43. The van der Waals surface area contributed by atoms with Gasteiger partial charge in [-0.15, -0.1) is 0 Å². The quantitative estimate of drug-likeness (QED) is 0.326. The second-order valence-corrected chi connectivity index (χ2v) is 10.1. The Balaban J connectivity index is 1.28. The number of ether oxygens (including phenoxy) is 1. The van der Waals surface area contributed by atoms with Crippen LogP contribution in [-0.4, -0.2) is 37.3 Å². The van der Waals surface area contributed by atoms with Crippen LogP contribution in [0.4, 0.5) is 28.6 Å². The minimum Gasteiger partial charge on any atom is -0.457 e. The molecule has 2 aliphatic heterocycles. The molecule has 2 aliphatic rings. The zero-order valence-corrected chi connectivity index (χ0v) is 21.2. The number of fused-ring (bicyclic) bond motifs is 2. The smallest absolute Gasteiger partial charge is 0.158 e. The third-order valence-corrected chi connectivity index (χ3v) is 7.44. The maximum Gasteiger partial charge on any atom is 0.158 e. The summed E-state index contributed by atoms with van der Waals surface area (Å²) in [5, 5.41) is 0. The Labute approximate surface area is 213 Å². The SMILES string of the molecule is CN1CN(c2cccc(Oc3cccc(N4CN(C)C(C)(C)c5ccccc54)c3)c2)c2ncccc21. The van der Waals surface area contributed by atoms with Crippen molar-refractivity contribution in [3.63, 3.8) is 0 Å². The number of pyridine rings is 1. The van der Waals surface area contributed by atoms with Crippen LogP contribution in [0.15, 0.2) is 91.1 Å². The Kier molecular flexibility index (Phi) is 5.34. The van der Waals surface area contributed by atoms with Crippen LogP contribution in [0.2, 0.25) is 0 Å². The van der Waals surface area contributed by atoms with Gasteiger partial charge in [0.15, 0.2) is 5.82 Å². The van der Waals surface area contributed by atoms with Gasteiger partial charge in [0.25, 0.3) is 0 Å². The second-order valence-electron chi connectivity index (χ2n) is 10.1. The maximum atomic E-state index is 6.38. The molecule has 6 rings (SSSR count). The van der Waals surface area contributed by atoms with Crippen molar-refractivity contribution in [3.8, 4) is 11.5 Å². The Morgan fingerprint density at radius 2 is 1.39 bits per heavy atom. The Hall–Kier alpha value is -4.03. The van der Waals surface area contributed by atoms with Gasteiger partial charge in [-0.2, -0.15) is 0 Å². The zero-order valence-electron chi connectivity index (χ0n) is 21.2. The third kappa shape index (κ3) is 3.74. The molecule has 0 spiro atoms. The summed E-state index contributed by atoms with van der Waals surface area (Å²) in [7, 11) is 4.27. The largest absolute Gasteiger partial charge is 0.457 e. The molecule has 0 bridgehead atoms. The van der Waals surface area contributed by atoms with Crippen LogP contribution < -0.4 is 19.4 Å². The van der Waals surface area contributed by atoms with Crippen molar-refractivity contribution in [2.24, 2.45) is 0 Å². The van der Waals surface area contributed by atoms with E-state index >= 15 is 0 Å². The molecular weight excluding hydrogens is 446 g/mol. The van der Waals surface area contributed by atoms with Gasteiger partial charge in [-0.1, -0.05) is 30.3 Å². The highest BCUT2D eigenvalue weighted by atomic mass is 16.5. The van der Waals surface area contributed by atoms with Gasteiger partial charge in [-0.05, 0) is 68.9 Å². The Morgan fingerprint density at radius 3 is 2.14 bits per heavy atom. The molecule has 3 aromatic carbocycles. The molecule has 0 N–H and O–H groups in total. The molecule has 0 unspecified atom stereocenters. The fourth-order valence-corrected chi connectivity index (χ4v) is 5.14. The number of benzene rings is 3. The molecule has 4 aromatic rings. The average Bonchev–Trinajstić information content (AvgIpc) is 3.23. The van der Waals surface area contributed by atoms with Crippen LogP contribution >= 0.6 is 0 Å². The van der Waals surface area contributed by atoms with Gasteiger partial charge >= 0.3 is 0 Å². The van der Waals surface area contributed by atoms with E-state index in [4.69, 9.17) is 4.74 Å². The minimum atomic E-state index is -0.0290. The van der Waals surface area contributed by atoms with Gasteiger partial charge in [-0.3, -0.25) is 4.90 Å². The lowest BCUT2D eigenvalue weighted by molar-refractivity contribution is 0.150. The molecule has 0 atom stereocenters. The van der Waals surface area contributed by atoms with Gasteiger partial charge < -0.3 is 19.4 Å². The first-order valence-electron chi connectivity index (χ1n) is 12.3. The molecular formula is C30H31N5O. The lowest BCUT2D eigenvalue weighted by Crippen LogP contribution is -2.49. The van der Waals surface area contributed by atoms with Crippen molar-refractivity contribution < 1.29 is 4.74 Å². The summed E-state index contributed by atoms with van der Waals surface area (Å²) in [6, 6.07) is 29.3. The van der Waals surface area contributed by atoms with Crippen LogP contribution in [0, 0.1) is 0 Å². The first-order chi connectivity index (χ1) is 17.4. The molecule has 0 aliphatic carbocycles. The number of hydrogen-bond acceptors (Lipinski definition) is 6. The monoisotopic (exact) mass is 477 g/mol. The second kappa shape index (κ2) is 8.57. The standard InChI is InChI=1S/C30H31N5O/c1-30(2)26-14-5-6-15-27(26)34(21-33(30)4)22-10-7-12-24(18-22)36-25-13-8-11-23(19-25)35-20-32(3)28-16-9-17-31-29(28)35/h5-19H,20-21H2,1-4H3. The topological polar surface area (TPSA) is 35.1 Å². The van der Waals surface area contributed by atoms with Crippen LogP contribution in [-0.2, 0) is 5.54 Å². The third-order valence-electron chi connectivity index (χ3n) is 7.44. The minimum absolute atomic E-state index is 0.0290. The molecule has 0 fully saturated rings. The molecule has 0 saturated heterocycles. The van der Waals surface area contributed by atoms with Crippen LogP contribution in [0.5, 0.6) is 11.5 Å². The number of rotatable bonds is 4. The number of hydrogen-bond donors (Lipinski definition) is 0. The molecule has 0 radical (unpaired) electrons. The summed E-state index contributed by atoms with van der Waals surface area (Å²) < 4.78 is 6.38. The fourth-order valence-electron chi connectivity index (χ4n) is 5.14. The zero-order chi connectivity index (χ0) is 24.9. The van der Waals surface area contributed by atoms with Gasteiger partial charge in [-0.25, -0.2) is 4.98 Å². The van der Waals surface area contributed by atoms with Gasteiger partial charge in [0.2, 0.25) is 0 Å². The lowest BCUT2D eigenvalue weighted by Gasteiger charge is -2.47. The normalized spacial score (nSPS) is 16.6. The van der Waals surface area contributed by atoms with Crippen molar-refractivity contribution in [1.82, 2.24) is 9.88 Å². The van der Waals surface area contributed by atoms with E-state index in [1.165, 1.54) is 11.3 Å². The number of nitrogens with zero attached hydrogens (tertiary/aromatic N) is 5. The fraction of sp³-hybridized carbons (Fsp3) is 0.233. The Bertz CT molecular complexity index is 1420. The summed E-state index contributed by atoms with van der Waals surface area (Å²) in [6.07, 6.45) is 1.84.